The summed E-state index contributed by atoms with van der Waals surface area (Å²) in [4.78, 5) is 23.2. The van der Waals surface area contributed by atoms with Crippen LogP contribution in [0.1, 0.15) is 21.5 Å². The van der Waals surface area contributed by atoms with E-state index in [0.717, 1.165) is 11.1 Å². The highest BCUT2D eigenvalue weighted by atomic mass is 16.5. The monoisotopic (exact) mass is 235 g/mol. The fourth-order valence-corrected chi connectivity index (χ4v) is 1.36. The first-order valence-corrected chi connectivity index (χ1v) is 5.45. The number of amides is 1. The number of methoxy groups -OCH3 is 1. The molecule has 4 nitrogen and oxygen atoms in total. The number of aryl methyl sites for hydroxylation is 2. The topological polar surface area (TPSA) is 55.4 Å². The van der Waals surface area contributed by atoms with Crippen molar-refractivity contribution >= 4 is 11.7 Å². The standard InChI is InChI=1S/C13H17NO3/c1-9-4-5-11(8-10(9)2)12(15)13(16)14-6-7-17-3/h4-5,8H,6-7H2,1-3H3,(H,14,16). The van der Waals surface area contributed by atoms with Gasteiger partial charge in [0.05, 0.1) is 6.61 Å². The lowest BCUT2D eigenvalue weighted by atomic mass is 10.0. The quantitative estimate of drug-likeness (QED) is 0.475. The lowest BCUT2D eigenvalue weighted by Crippen LogP contribution is -2.33. The van der Waals surface area contributed by atoms with Crippen LogP contribution in [0.3, 0.4) is 0 Å². The van der Waals surface area contributed by atoms with Gasteiger partial charge in [0, 0.05) is 19.2 Å². The molecule has 0 saturated heterocycles. The van der Waals surface area contributed by atoms with Gasteiger partial charge in [-0.15, -0.1) is 0 Å². The number of carbonyl (C=O) groups excluding carboxylic acids is 2. The maximum absolute atomic E-state index is 11.7. The zero-order chi connectivity index (χ0) is 12.8. The summed E-state index contributed by atoms with van der Waals surface area (Å²) in [6.45, 7) is 4.61. The van der Waals surface area contributed by atoms with Gasteiger partial charge in [-0.1, -0.05) is 12.1 Å². The van der Waals surface area contributed by atoms with Gasteiger partial charge in [0.1, 0.15) is 0 Å². The highest BCUT2D eigenvalue weighted by Gasteiger charge is 2.15. The van der Waals surface area contributed by atoms with E-state index >= 15 is 0 Å². The van der Waals surface area contributed by atoms with Gasteiger partial charge in [0.15, 0.2) is 0 Å². The van der Waals surface area contributed by atoms with Crippen LogP contribution in [0, 0.1) is 13.8 Å². The van der Waals surface area contributed by atoms with E-state index in [9.17, 15) is 9.59 Å². The van der Waals surface area contributed by atoms with E-state index in [0.29, 0.717) is 18.7 Å². The maximum atomic E-state index is 11.7. The molecule has 0 unspecified atom stereocenters. The van der Waals surface area contributed by atoms with Gasteiger partial charge in [-0.25, -0.2) is 0 Å². The van der Waals surface area contributed by atoms with Crippen molar-refractivity contribution in [2.24, 2.45) is 0 Å². The minimum Gasteiger partial charge on any atom is -0.383 e. The van der Waals surface area contributed by atoms with Crippen molar-refractivity contribution < 1.29 is 14.3 Å². The molecule has 1 amide bonds. The summed E-state index contributed by atoms with van der Waals surface area (Å²) in [7, 11) is 1.54. The molecular weight excluding hydrogens is 218 g/mol. The molecule has 92 valence electrons. The minimum absolute atomic E-state index is 0.339. The molecule has 0 atom stereocenters. The highest BCUT2D eigenvalue weighted by Crippen LogP contribution is 2.10. The summed E-state index contributed by atoms with van der Waals surface area (Å²) < 4.78 is 4.79. The summed E-state index contributed by atoms with van der Waals surface area (Å²) in [5.74, 6) is -1.10. The molecule has 0 aliphatic carbocycles. The second kappa shape index (κ2) is 6.15. The van der Waals surface area contributed by atoms with Crippen molar-refractivity contribution in [3.63, 3.8) is 0 Å². The first-order chi connectivity index (χ1) is 8.06. The molecule has 0 aromatic heterocycles. The Morgan fingerprint density at radius 2 is 1.94 bits per heavy atom. The third kappa shape index (κ3) is 3.67. The van der Waals surface area contributed by atoms with Crippen LogP contribution in [0.4, 0.5) is 0 Å². The summed E-state index contributed by atoms with van der Waals surface area (Å²) >= 11 is 0. The summed E-state index contributed by atoms with van der Waals surface area (Å²) in [5.41, 5.74) is 2.52. The number of hydrogen-bond acceptors (Lipinski definition) is 3. The number of nitrogens with one attached hydrogen (secondary N) is 1. The summed E-state index contributed by atoms with van der Waals surface area (Å²) in [6, 6.07) is 5.24. The van der Waals surface area contributed by atoms with Gasteiger partial charge >= 0.3 is 0 Å². The van der Waals surface area contributed by atoms with Crippen LogP contribution in [0.15, 0.2) is 18.2 Å². The van der Waals surface area contributed by atoms with Crippen molar-refractivity contribution in [1.82, 2.24) is 5.32 Å². The van der Waals surface area contributed by atoms with Crippen molar-refractivity contribution in [1.29, 1.82) is 0 Å². The molecular formula is C13H17NO3. The summed E-state index contributed by atoms with van der Waals surface area (Å²) in [5, 5.41) is 2.50. The van der Waals surface area contributed by atoms with Gasteiger partial charge in [-0.3, -0.25) is 9.59 Å². The zero-order valence-electron chi connectivity index (χ0n) is 10.4. The van der Waals surface area contributed by atoms with E-state index in [-0.39, 0.29) is 0 Å². The molecule has 0 bridgehead atoms. The van der Waals surface area contributed by atoms with Gasteiger partial charge in [-0.2, -0.15) is 0 Å². The van der Waals surface area contributed by atoms with E-state index in [1.54, 1.807) is 12.1 Å². The Hall–Kier alpha value is -1.68. The van der Waals surface area contributed by atoms with Crippen molar-refractivity contribution in [2.75, 3.05) is 20.3 Å². The van der Waals surface area contributed by atoms with Crippen LogP contribution in [-0.4, -0.2) is 32.0 Å². The Balaban J connectivity index is 2.68. The summed E-state index contributed by atoms with van der Waals surface area (Å²) in [6.07, 6.45) is 0. The molecule has 1 aromatic carbocycles. The fourth-order valence-electron chi connectivity index (χ4n) is 1.36. The molecule has 0 saturated carbocycles. The average molecular weight is 235 g/mol. The Morgan fingerprint density at radius 1 is 1.24 bits per heavy atom. The normalized spacial score (nSPS) is 10.1. The Labute approximate surface area is 101 Å². The second-order valence-corrected chi connectivity index (χ2v) is 3.88. The Bertz CT molecular complexity index is 427. The molecule has 1 N–H and O–H groups in total. The zero-order valence-corrected chi connectivity index (χ0v) is 10.4. The Morgan fingerprint density at radius 3 is 2.53 bits per heavy atom. The molecule has 0 fully saturated rings. The SMILES string of the molecule is COCCNC(=O)C(=O)c1ccc(C)c(C)c1. The fraction of sp³-hybridized carbons (Fsp3) is 0.385. The molecule has 0 spiro atoms. The van der Waals surface area contributed by atoms with Crippen molar-refractivity contribution in [3.05, 3.63) is 34.9 Å². The third-order valence-electron chi connectivity index (χ3n) is 2.57. The number of Topliss-reactive ketones (excluding diaryl/α,β-unsaturated/α-hetero) is 1. The van der Waals surface area contributed by atoms with E-state index in [1.165, 1.54) is 7.11 Å². The van der Waals surface area contributed by atoms with E-state index in [2.05, 4.69) is 5.32 Å². The number of hydrogen-bond donors (Lipinski definition) is 1. The number of ketones is 1. The van der Waals surface area contributed by atoms with E-state index < -0.39 is 11.7 Å². The van der Waals surface area contributed by atoms with E-state index in [4.69, 9.17) is 4.74 Å². The van der Waals surface area contributed by atoms with E-state index in [1.807, 2.05) is 19.9 Å². The lowest BCUT2D eigenvalue weighted by Gasteiger charge is -2.05. The molecule has 1 aromatic rings. The van der Waals surface area contributed by atoms with Crippen LogP contribution < -0.4 is 5.32 Å². The maximum Gasteiger partial charge on any atom is 0.292 e. The first-order valence-electron chi connectivity index (χ1n) is 5.45. The predicted molar refractivity (Wildman–Crippen MR) is 65.1 cm³/mol. The molecule has 0 radical (unpaired) electrons. The first kappa shape index (κ1) is 13.4. The van der Waals surface area contributed by atoms with Crippen molar-refractivity contribution in [2.45, 2.75) is 13.8 Å². The molecule has 17 heavy (non-hydrogen) atoms. The van der Waals surface area contributed by atoms with Crippen LogP contribution in [-0.2, 0) is 9.53 Å². The van der Waals surface area contributed by atoms with Gasteiger partial charge in [-0.05, 0) is 31.0 Å². The number of ether oxygens (including phenoxy) is 1. The molecule has 0 aliphatic heterocycles. The molecule has 0 heterocycles. The third-order valence-corrected chi connectivity index (χ3v) is 2.57. The largest absolute Gasteiger partial charge is 0.383 e. The minimum atomic E-state index is -0.592. The molecule has 4 heteroatoms. The average Bonchev–Trinajstić information content (AvgIpc) is 2.32. The van der Waals surface area contributed by atoms with Crippen LogP contribution in [0.5, 0.6) is 0 Å². The lowest BCUT2D eigenvalue weighted by molar-refractivity contribution is -0.117. The number of carbonyl (C=O) groups is 2. The van der Waals surface area contributed by atoms with Crippen molar-refractivity contribution in [3.8, 4) is 0 Å². The smallest absolute Gasteiger partial charge is 0.292 e. The van der Waals surface area contributed by atoms with Crippen LogP contribution in [0.2, 0.25) is 0 Å². The van der Waals surface area contributed by atoms with Gasteiger partial charge < -0.3 is 10.1 Å². The van der Waals surface area contributed by atoms with Gasteiger partial charge in [0.25, 0.3) is 5.91 Å². The number of rotatable bonds is 5. The highest BCUT2D eigenvalue weighted by molar-refractivity contribution is 6.42. The van der Waals surface area contributed by atoms with Crippen LogP contribution >= 0.6 is 0 Å². The second-order valence-electron chi connectivity index (χ2n) is 3.88. The molecule has 0 aliphatic rings. The predicted octanol–water partition coefficient (Wildman–Crippen LogP) is 1.25. The number of benzene rings is 1. The Kier molecular flexibility index (Phi) is 4.84. The molecule has 1 rings (SSSR count). The van der Waals surface area contributed by atoms with Gasteiger partial charge in [0.2, 0.25) is 5.78 Å². The van der Waals surface area contributed by atoms with Crippen LogP contribution in [0.25, 0.3) is 0 Å².